The number of pyridine rings is 1. The van der Waals surface area contributed by atoms with Gasteiger partial charge in [-0.25, -0.2) is 9.78 Å². The van der Waals surface area contributed by atoms with Gasteiger partial charge in [-0.15, -0.1) is 0 Å². The molecule has 1 aliphatic heterocycles. The Morgan fingerprint density at radius 1 is 1.39 bits per heavy atom. The van der Waals surface area contributed by atoms with Crippen LogP contribution in [-0.2, 0) is 0 Å². The normalized spacial score (nSPS) is 16.1. The Balaban J connectivity index is 2.35. The highest BCUT2D eigenvalue weighted by Crippen LogP contribution is 2.22. The summed E-state index contributed by atoms with van der Waals surface area (Å²) in [6, 6.07) is 3.36. The van der Waals surface area contributed by atoms with Gasteiger partial charge >= 0.3 is 5.97 Å². The Labute approximate surface area is 111 Å². The van der Waals surface area contributed by atoms with Gasteiger partial charge in [-0.2, -0.15) is 11.8 Å². The van der Waals surface area contributed by atoms with Crippen LogP contribution in [0.5, 0.6) is 0 Å². The van der Waals surface area contributed by atoms with Crippen molar-refractivity contribution in [1.82, 2.24) is 4.98 Å². The van der Waals surface area contributed by atoms with E-state index in [-0.39, 0.29) is 5.92 Å². The molecular formula is C13H18N2O2S. The molecule has 1 aromatic heterocycles. The largest absolute Gasteiger partial charge is 0.478 e. The van der Waals surface area contributed by atoms with Crippen molar-refractivity contribution in [3.63, 3.8) is 0 Å². The number of anilines is 1. The molecule has 1 N–H and O–H groups in total. The van der Waals surface area contributed by atoms with E-state index in [2.05, 4.69) is 9.88 Å². The van der Waals surface area contributed by atoms with Gasteiger partial charge in [-0.1, -0.05) is 13.8 Å². The van der Waals surface area contributed by atoms with Crippen molar-refractivity contribution >= 4 is 23.5 Å². The van der Waals surface area contributed by atoms with E-state index in [1.165, 1.54) is 0 Å². The Morgan fingerprint density at radius 3 is 2.61 bits per heavy atom. The first-order chi connectivity index (χ1) is 8.58. The molecule has 4 nitrogen and oxygen atoms in total. The Morgan fingerprint density at radius 2 is 2.06 bits per heavy atom. The second kappa shape index (κ2) is 5.61. The average Bonchev–Trinajstić information content (AvgIpc) is 2.39. The highest BCUT2D eigenvalue weighted by molar-refractivity contribution is 7.99. The minimum Gasteiger partial charge on any atom is -0.478 e. The first kappa shape index (κ1) is 13.2. The van der Waals surface area contributed by atoms with Crippen LogP contribution in [0.25, 0.3) is 0 Å². The van der Waals surface area contributed by atoms with E-state index in [9.17, 15) is 4.79 Å². The van der Waals surface area contributed by atoms with Crippen molar-refractivity contribution in [2.24, 2.45) is 0 Å². The number of carboxylic acid groups (broad SMARTS) is 1. The smallest absolute Gasteiger partial charge is 0.335 e. The van der Waals surface area contributed by atoms with Gasteiger partial charge in [-0.05, 0) is 18.1 Å². The average molecular weight is 266 g/mol. The molecule has 5 heteroatoms. The summed E-state index contributed by atoms with van der Waals surface area (Å²) in [4.78, 5) is 17.9. The minimum atomic E-state index is -0.882. The molecule has 0 bridgehead atoms. The molecule has 0 radical (unpaired) electrons. The predicted octanol–water partition coefficient (Wildman–Crippen LogP) is 2.46. The Hall–Kier alpha value is -1.23. The van der Waals surface area contributed by atoms with Crippen LogP contribution in [0.2, 0.25) is 0 Å². The molecule has 2 rings (SSSR count). The molecule has 0 aromatic carbocycles. The molecule has 18 heavy (non-hydrogen) atoms. The van der Waals surface area contributed by atoms with Gasteiger partial charge in [0.2, 0.25) is 0 Å². The van der Waals surface area contributed by atoms with Crippen LogP contribution in [0, 0.1) is 0 Å². The topological polar surface area (TPSA) is 53.4 Å². The predicted molar refractivity (Wildman–Crippen MR) is 74.8 cm³/mol. The number of rotatable bonds is 3. The first-order valence-electron chi connectivity index (χ1n) is 6.16. The van der Waals surface area contributed by atoms with Gasteiger partial charge in [0, 0.05) is 30.3 Å². The fourth-order valence-corrected chi connectivity index (χ4v) is 2.81. The summed E-state index contributed by atoms with van der Waals surface area (Å²) < 4.78 is 0. The maximum absolute atomic E-state index is 11.2. The maximum atomic E-state index is 11.2. The van der Waals surface area contributed by atoms with Crippen LogP contribution < -0.4 is 4.90 Å². The fourth-order valence-electron chi connectivity index (χ4n) is 1.91. The van der Waals surface area contributed by atoms with Crippen LogP contribution in [0.15, 0.2) is 12.1 Å². The number of hydrogen-bond acceptors (Lipinski definition) is 4. The van der Waals surface area contributed by atoms with E-state index in [1.54, 1.807) is 12.1 Å². The maximum Gasteiger partial charge on any atom is 0.335 e. The zero-order valence-corrected chi connectivity index (χ0v) is 11.5. The molecular weight excluding hydrogens is 248 g/mol. The van der Waals surface area contributed by atoms with Gasteiger partial charge in [0.15, 0.2) is 0 Å². The summed E-state index contributed by atoms with van der Waals surface area (Å²) in [5, 5.41) is 9.16. The highest BCUT2D eigenvalue weighted by atomic mass is 32.2. The van der Waals surface area contributed by atoms with E-state index in [0.717, 1.165) is 36.1 Å². The quantitative estimate of drug-likeness (QED) is 0.910. The van der Waals surface area contributed by atoms with E-state index in [1.807, 2.05) is 25.6 Å². The highest BCUT2D eigenvalue weighted by Gasteiger charge is 2.17. The monoisotopic (exact) mass is 266 g/mol. The Kier molecular flexibility index (Phi) is 4.11. The van der Waals surface area contributed by atoms with Crippen molar-refractivity contribution in [2.45, 2.75) is 19.8 Å². The second-order valence-electron chi connectivity index (χ2n) is 4.70. The molecule has 1 fully saturated rings. The van der Waals surface area contributed by atoms with Crippen molar-refractivity contribution in [3.05, 3.63) is 23.4 Å². The van der Waals surface area contributed by atoms with Crippen LogP contribution in [0.1, 0.15) is 35.8 Å². The van der Waals surface area contributed by atoms with Gasteiger partial charge in [0.05, 0.1) is 5.56 Å². The Bertz CT molecular complexity index is 443. The number of carboxylic acids is 1. The molecule has 0 spiro atoms. The minimum absolute atomic E-state index is 0.238. The molecule has 98 valence electrons. The number of aromatic carboxylic acids is 1. The summed E-state index contributed by atoms with van der Waals surface area (Å²) in [6.45, 7) is 5.95. The summed E-state index contributed by atoms with van der Waals surface area (Å²) in [7, 11) is 0. The third-order valence-electron chi connectivity index (χ3n) is 3.01. The molecule has 1 saturated heterocycles. The zero-order valence-electron chi connectivity index (χ0n) is 10.7. The third-order valence-corrected chi connectivity index (χ3v) is 3.95. The van der Waals surface area contributed by atoms with Crippen molar-refractivity contribution in [2.75, 3.05) is 29.5 Å². The van der Waals surface area contributed by atoms with E-state index in [4.69, 9.17) is 5.11 Å². The lowest BCUT2D eigenvalue weighted by molar-refractivity contribution is 0.0696. The lowest BCUT2D eigenvalue weighted by Crippen LogP contribution is -2.33. The fraction of sp³-hybridized carbons (Fsp3) is 0.538. The molecule has 0 atom stereocenters. The number of nitrogens with zero attached hydrogens (tertiary/aromatic N) is 2. The van der Waals surface area contributed by atoms with Gasteiger partial charge in [0.25, 0.3) is 0 Å². The molecule has 0 amide bonds. The molecule has 0 unspecified atom stereocenters. The molecule has 1 aromatic rings. The summed E-state index contributed by atoms with van der Waals surface area (Å²) in [6.07, 6.45) is 0. The lowest BCUT2D eigenvalue weighted by atomic mass is 10.1. The summed E-state index contributed by atoms with van der Waals surface area (Å²) in [5.41, 5.74) is 1.19. The van der Waals surface area contributed by atoms with Crippen LogP contribution in [0.4, 0.5) is 5.82 Å². The molecule has 1 aliphatic rings. The number of thioether (sulfide) groups is 1. The summed E-state index contributed by atoms with van der Waals surface area (Å²) in [5.74, 6) is 2.32. The van der Waals surface area contributed by atoms with Crippen LogP contribution >= 0.6 is 11.8 Å². The van der Waals surface area contributed by atoms with Gasteiger partial charge < -0.3 is 10.0 Å². The van der Waals surface area contributed by atoms with Gasteiger partial charge in [-0.3, -0.25) is 0 Å². The van der Waals surface area contributed by atoms with Crippen molar-refractivity contribution in [3.8, 4) is 0 Å². The van der Waals surface area contributed by atoms with Crippen LogP contribution in [0.3, 0.4) is 0 Å². The zero-order chi connectivity index (χ0) is 13.1. The van der Waals surface area contributed by atoms with Crippen molar-refractivity contribution < 1.29 is 9.90 Å². The number of carbonyl (C=O) groups is 1. The first-order valence-corrected chi connectivity index (χ1v) is 7.31. The number of aromatic nitrogens is 1. The summed E-state index contributed by atoms with van der Waals surface area (Å²) >= 11 is 1.93. The van der Waals surface area contributed by atoms with E-state index >= 15 is 0 Å². The number of hydrogen-bond donors (Lipinski definition) is 1. The third kappa shape index (κ3) is 2.96. The SMILES string of the molecule is CC(C)c1cc(C(=O)O)cc(N2CCSCC2)n1. The van der Waals surface area contributed by atoms with Crippen molar-refractivity contribution in [1.29, 1.82) is 0 Å². The van der Waals surface area contributed by atoms with Crippen LogP contribution in [-0.4, -0.2) is 40.7 Å². The molecule has 0 saturated carbocycles. The van der Waals surface area contributed by atoms with E-state index in [0.29, 0.717) is 5.56 Å². The molecule has 0 aliphatic carbocycles. The molecule has 2 heterocycles. The van der Waals surface area contributed by atoms with E-state index < -0.39 is 5.97 Å². The lowest BCUT2D eigenvalue weighted by Gasteiger charge is -2.28. The second-order valence-corrected chi connectivity index (χ2v) is 5.92. The standard InChI is InChI=1S/C13H18N2O2S/c1-9(2)11-7-10(13(16)17)8-12(14-11)15-3-5-18-6-4-15/h7-9H,3-6H2,1-2H3,(H,16,17). The van der Waals surface area contributed by atoms with Gasteiger partial charge in [0.1, 0.15) is 5.82 Å².